The second kappa shape index (κ2) is 66.4. The average Bonchev–Trinajstić information content (AvgIpc) is 3.43. The van der Waals surface area contributed by atoms with E-state index in [0.717, 1.165) is 70.6 Å². The molecule has 0 rings (SSSR count). The lowest BCUT2D eigenvalue weighted by Crippen LogP contribution is -2.30. The van der Waals surface area contributed by atoms with E-state index in [2.05, 4.69) is 45.1 Å². The highest BCUT2D eigenvalue weighted by Gasteiger charge is 2.19. The predicted molar refractivity (Wildman–Crippen MR) is 335 cm³/mol. The first-order chi connectivity index (χ1) is 38.0. The Morgan fingerprint density at radius 1 is 0.247 bits per heavy atom. The first-order valence-electron chi connectivity index (χ1n) is 34.8. The van der Waals surface area contributed by atoms with Crippen LogP contribution in [0.15, 0.2) is 24.3 Å². The van der Waals surface area contributed by atoms with E-state index in [-0.39, 0.29) is 31.1 Å². The van der Waals surface area contributed by atoms with Crippen LogP contribution in [-0.4, -0.2) is 37.2 Å². The quantitative estimate of drug-likeness (QED) is 0.0261. The molecule has 0 aliphatic rings. The number of carbonyl (C=O) groups is 3. The van der Waals surface area contributed by atoms with Crippen molar-refractivity contribution in [3.05, 3.63) is 24.3 Å². The van der Waals surface area contributed by atoms with Gasteiger partial charge in [-0.25, -0.2) is 0 Å². The van der Waals surface area contributed by atoms with Crippen molar-refractivity contribution in [2.75, 3.05) is 13.2 Å². The average molecular weight is 1080 g/mol. The van der Waals surface area contributed by atoms with Crippen molar-refractivity contribution in [2.45, 2.75) is 399 Å². The highest BCUT2D eigenvalue weighted by atomic mass is 16.6. The Hall–Kier alpha value is -2.11. The molecule has 0 bridgehead atoms. The number of esters is 3. The Morgan fingerprint density at radius 2 is 0.442 bits per heavy atom. The smallest absolute Gasteiger partial charge is 0.306 e. The molecular formula is C71H134O6. The molecule has 1 unspecified atom stereocenters. The van der Waals surface area contributed by atoms with Gasteiger partial charge in [0.15, 0.2) is 6.10 Å². The summed E-state index contributed by atoms with van der Waals surface area (Å²) >= 11 is 0. The third-order valence-electron chi connectivity index (χ3n) is 15.9. The molecule has 77 heavy (non-hydrogen) atoms. The molecule has 0 saturated heterocycles. The van der Waals surface area contributed by atoms with Crippen LogP contribution >= 0.6 is 0 Å². The standard InChI is InChI=1S/C71H134O6/c1-4-7-10-13-16-19-22-24-25-26-27-28-29-30-31-32-33-34-35-36-37-38-39-40-41-42-43-44-45-47-49-52-55-58-61-64-70(73)76-67-68(66-75-69(72)63-60-57-54-51-48-21-18-15-12-9-6-3)77-71(74)65-62-59-56-53-50-46-23-20-17-14-11-8-5-2/h15,18,20,23,68H,4-14,16-17,19,21-22,24-67H2,1-3H3/b18-15-,23-20-. The Bertz CT molecular complexity index is 1240. The second-order valence-corrected chi connectivity index (χ2v) is 23.8. The van der Waals surface area contributed by atoms with Crippen molar-refractivity contribution in [3.63, 3.8) is 0 Å². The normalized spacial score (nSPS) is 12.1. The van der Waals surface area contributed by atoms with Crippen molar-refractivity contribution in [3.8, 4) is 0 Å². The molecule has 0 aromatic rings. The van der Waals surface area contributed by atoms with E-state index in [1.54, 1.807) is 0 Å². The van der Waals surface area contributed by atoms with E-state index < -0.39 is 6.10 Å². The van der Waals surface area contributed by atoms with Gasteiger partial charge in [-0.05, 0) is 64.2 Å². The Morgan fingerprint density at radius 3 is 0.701 bits per heavy atom. The summed E-state index contributed by atoms with van der Waals surface area (Å²) < 4.78 is 16.9. The van der Waals surface area contributed by atoms with Crippen LogP contribution in [0.5, 0.6) is 0 Å². The van der Waals surface area contributed by atoms with Crippen molar-refractivity contribution >= 4 is 17.9 Å². The molecule has 0 aromatic carbocycles. The highest BCUT2D eigenvalue weighted by molar-refractivity contribution is 5.71. The molecule has 0 aliphatic heterocycles. The van der Waals surface area contributed by atoms with Gasteiger partial charge in [0.25, 0.3) is 0 Å². The third-order valence-corrected chi connectivity index (χ3v) is 15.9. The number of unbranched alkanes of at least 4 members (excludes halogenated alkanes) is 50. The van der Waals surface area contributed by atoms with Crippen molar-refractivity contribution < 1.29 is 28.6 Å². The van der Waals surface area contributed by atoms with Gasteiger partial charge < -0.3 is 14.2 Å². The molecule has 0 spiro atoms. The van der Waals surface area contributed by atoms with Gasteiger partial charge in [-0.3, -0.25) is 14.4 Å². The Labute approximate surface area is 481 Å². The maximum absolute atomic E-state index is 12.8. The molecule has 0 heterocycles. The lowest BCUT2D eigenvalue weighted by Gasteiger charge is -2.18. The lowest BCUT2D eigenvalue weighted by molar-refractivity contribution is -0.167. The molecule has 0 radical (unpaired) electrons. The first-order valence-corrected chi connectivity index (χ1v) is 34.8. The molecule has 6 nitrogen and oxygen atoms in total. The number of allylic oxidation sites excluding steroid dienone is 4. The van der Waals surface area contributed by atoms with Gasteiger partial charge >= 0.3 is 17.9 Å². The minimum Gasteiger partial charge on any atom is -0.462 e. The number of ether oxygens (including phenoxy) is 3. The summed E-state index contributed by atoms with van der Waals surface area (Å²) in [5.74, 6) is -0.870. The van der Waals surface area contributed by atoms with Gasteiger partial charge in [0.2, 0.25) is 0 Å². The summed E-state index contributed by atoms with van der Waals surface area (Å²) in [5.41, 5.74) is 0. The molecular weight excluding hydrogens is 949 g/mol. The fraction of sp³-hybridized carbons (Fsp3) is 0.901. The van der Waals surface area contributed by atoms with Crippen LogP contribution in [-0.2, 0) is 28.6 Å². The summed E-state index contributed by atoms with van der Waals surface area (Å²) in [7, 11) is 0. The van der Waals surface area contributed by atoms with Gasteiger partial charge in [-0.2, -0.15) is 0 Å². The molecule has 0 saturated carbocycles. The molecule has 6 heteroatoms. The summed E-state index contributed by atoms with van der Waals surface area (Å²) in [4.78, 5) is 38.2. The van der Waals surface area contributed by atoms with E-state index in [1.165, 1.54) is 283 Å². The highest BCUT2D eigenvalue weighted by Crippen LogP contribution is 2.19. The summed E-state index contributed by atoms with van der Waals surface area (Å²) in [5, 5.41) is 0. The summed E-state index contributed by atoms with van der Waals surface area (Å²) in [6.45, 7) is 6.63. The largest absolute Gasteiger partial charge is 0.462 e. The van der Waals surface area contributed by atoms with E-state index in [9.17, 15) is 14.4 Å². The Balaban J connectivity index is 3.96. The van der Waals surface area contributed by atoms with Gasteiger partial charge in [0.1, 0.15) is 13.2 Å². The van der Waals surface area contributed by atoms with Crippen molar-refractivity contribution in [1.29, 1.82) is 0 Å². The van der Waals surface area contributed by atoms with Crippen LogP contribution in [0, 0.1) is 0 Å². The van der Waals surface area contributed by atoms with Crippen molar-refractivity contribution in [1.82, 2.24) is 0 Å². The zero-order valence-corrected chi connectivity index (χ0v) is 52.3. The van der Waals surface area contributed by atoms with E-state index in [4.69, 9.17) is 14.2 Å². The molecule has 0 N–H and O–H groups in total. The maximum Gasteiger partial charge on any atom is 0.306 e. The van der Waals surface area contributed by atoms with Crippen LogP contribution in [0.2, 0.25) is 0 Å². The fourth-order valence-corrected chi connectivity index (χ4v) is 10.7. The Kier molecular flexibility index (Phi) is 64.6. The topological polar surface area (TPSA) is 78.9 Å². The number of hydrogen-bond donors (Lipinski definition) is 0. The molecule has 0 fully saturated rings. The van der Waals surface area contributed by atoms with E-state index in [1.807, 2.05) is 0 Å². The monoisotopic (exact) mass is 1080 g/mol. The molecule has 0 amide bonds. The number of carbonyl (C=O) groups excluding carboxylic acids is 3. The predicted octanol–water partition coefficient (Wildman–Crippen LogP) is 23.8. The third kappa shape index (κ3) is 64.6. The second-order valence-electron chi connectivity index (χ2n) is 23.8. The maximum atomic E-state index is 12.8. The van der Waals surface area contributed by atoms with Gasteiger partial charge in [-0.15, -0.1) is 0 Å². The van der Waals surface area contributed by atoms with Crippen molar-refractivity contribution in [2.24, 2.45) is 0 Å². The van der Waals surface area contributed by atoms with Gasteiger partial charge in [0, 0.05) is 19.3 Å². The minimum absolute atomic E-state index is 0.0729. The van der Waals surface area contributed by atoms with E-state index in [0.29, 0.717) is 19.3 Å². The van der Waals surface area contributed by atoms with Crippen LogP contribution < -0.4 is 0 Å². The summed E-state index contributed by atoms with van der Waals surface area (Å²) in [6, 6.07) is 0. The van der Waals surface area contributed by atoms with Crippen LogP contribution in [0.1, 0.15) is 393 Å². The summed E-state index contributed by atoms with van der Waals surface area (Å²) in [6.07, 6.45) is 81.0. The minimum atomic E-state index is -0.775. The fourth-order valence-electron chi connectivity index (χ4n) is 10.7. The van der Waals surface area contributed by atoms with Gasteiger partial charge in [-0.1, -0.05) is 334 Å². The van der Waals surface area contributed by atoms with E-state index >= 15 is 0 Å². The molecule has 0 aliphatic carbocycles. The molecule has 454 valence electrons. The molecule has 1 atom stereocenters. The van der Waals surface area contributed by atoms with Crippen LogP contribution in [0.3, 0.4) is 0 Å². The number of rotatable bonds is 65. The van der Waals surface area contributed by atoms with Crippen LogP contribution in [0.4, 0.5) is 0 Å². The first kappa shape index (κ1) is 74.9. The van der Waals surface area contributed by atoms with Gasteiger partial charge in [0.05, 0.1) is 0 Å². The lowest BCUT2D eigenvalue weighted by atomic mass is 10.0. The van der Waals surface area contributed by atoms with Crippen LogP contribution in [0.25, 0.3) is 0 Å². The zero-order valence-electron chi connectivity index (χ0n) is 52.3. The number of hydrogen-bond acceptors (Lipinski definition) is 6. The SMILES string of the molecule is CCCC/C=C\CCCCCCCC(=O)OCC(COC(=O)CCCCCCCCCCCCCCCCCCCCCCCCCCCCCCCCCCCCC)OC(=O)CCCCCCC/C=C\CCCCCC. The zero-order chi connectivity index (χ0) is 55.7. The molecule has 0 aromatic heterocycles.